The molecule has 3 N–H and O–H groups in total. The minimum absolute atomic E-state index is 0.126. The van der Waals surface area contributed by atoms with E-state index in [-0.39, 0.29) is 18.6 Å². The summed E-state index contributed by atoms with van der Waals surface area (Å²) < 4.78 is 0. The van der Waals surface area contributed by atoms with Crippen LogP contribution in [0.5, 0.6) is 0 Å². The topological polar surface area (TPSA) is 86.9 Å². The predicted octanol–water partition coefficient (Wildman–Crippen LogP) is 1.43. The predicted molar refractivity (Wildman–Crippen MR) is 80.3 cm³/mol. The van der Waals surface area contributed by atoms with Gasteiger partial charge in [0, 0.05) is 24.8 Å². The Morgan fingerprint density at radius 1 is 1.29 bits per heavy atom. The lowest BCUT2D eigenvalue weighted by atomic mass is 10.1. The summed E-state index contributed by atoms with van der Waals surface area (Å²) in [5, 5.41) is 9.06. The first-order valence-corrected chi connectivity index (χ1v) is 7.08. The van der Waals surface area contributed by atoms with Gasteiger partial charge in [-0.3, -0.25) is 9.69 Å². The number of carboxylic acid groups (broad SMARTS) is 1. The summed E-state index contributed by atoms with van der Waals surface area (Å²) in [5.41, 5.74) is 7.50. The molecule has 6 heteroatoms. The van der Waals surface area contributed by atoms with Crippen molar-refractivity contribution in [2.24, 2.45) is 5.73 Å². The number of aryl methyl sites for hydroxylation is 1. The van der Waals surface area contributed by atoms with Crippen molar-refractivity contribution >= 4 is 17.7 Å². The van der Waals surface area contributed by atoms with E-state index in [2.05, 4.69) is 0 Å². The van der Waals surface area contributed by atoms with Crippen LogP contribution in [-0.4, -0.2) is 47.7 Å². The number of hydrogen-bond donors (Lipinski definition) is 2. The van der Waals surface area contributed by atoms with Gasteiger partial charge in [-0.1, -0.05) is 17.7 Å². The van der Waals surface area contributed by atoms with E-state index in [1.54, 1.807) is 17.0 Å². The smallest absolute Gasteiger partial charge is 0.325 e. The summed E-state index contributed by atoms with van der Waals surface area (Å²) in [5.74, 6) is -1.03. The van der Waals surface area contributed by atoms with Gasteiger partial charge in [-0.15, -0.1) is 0 Å². The van der Waals surface area contributed by atoms with Gasteiger partial charge in [0.25, 0.3) is 0 Å². The normalized spacial score (nSPS) is 15.8. The first-order valence-electron chi connectivity index (χ1n) is 7.08. The van der Waals surface area contributed by atoms with Crippen LogP contribution >= 0.6 is 0 Å². The van der Waals surface area contributed by atoms with Crippen LogP contribution < -0.4 is 10.6 Å². The second kappa shape index (κ2) is 6.58. The summed E-state index contributed by atoms with van der Waals surface area (Å²) in [6, 6.07) is 7.12. The summed E-state index contributed by atoms with van der Waals surface area (Å²) in [7, 11) is 0. The molecule has 0 atom stereocenters. The van der Waals surface area contributed by atoms with E-state index < -0.39 is 5.97 Å². The Morgan fingerprint density at radius 3 is 2.38 bits per heavy atom. The average Bonchev–Trinajstić information content (AvgIpc) is 2.46. The van der Waals surface area contributed by atoms with Gasteiger partial charge in [0.05, 0.1) is 0 Å². The summed E-state index contributed by atoms with van der Waals surface area (Å²) in [6.07, 6.45) is 1.50. The number of hydrogen-bond acceptors (Lipinski definition) is 3. The number of carbonyl (C=O) groups is 2. The first-order chi connectivity index (χ1) is 9.97. The van der Waals surface area contributed by atoms with Crippen LogP contribution in [0.15, 0.2) is 24.3 Å². The largest absolute Gasteiger partial charge is 0.480 e. The van der Waals surface area contributed by atoms with Crippen molar-refractivity contribution in [3.8, 4) is 0 Å². The molecule has 1 aromatic rings. The third-order valence-corrected chi connectivity index (χ3v) is 3.68. The van der Waals surface area contributed by atoms with E-state index in [0.717, 1.165) is 18.4 Å². The third kappa shape index (κ3) is 3.95. The van der Waals surface area contributed by atoms with Crippen molar-refractivity contribution in [1.82, 2.24) is 4.90 Å². The number of rotatable bonds is 3. The first kappa shape index (κ1) is 15.3. The standard InChI is InChI=1S/C15H21N3O3/c1-11-2-4-13(5-3-11)18(10-14(19)20)15(21)17-8-6-12(16)7-9-17/h2-5,12H,6-10,16H2,1H3,(H,19,20). The maximum absolute atomic E-state index is 12.6. The molecular weight excluding hydrogens is 270 g/mol. The van der Waals surface area contributed by atoms with Gasteiger partial charge in [0.15, 0.2) is 0 Å². The molecule has 2 rings (SSSR count). The fourth-order valence-electron chi connectivity index (χ4n) is 2.39. The Balaban J connectivity index is 2.17. The molecule has 1 aromatic carbocycles. The van der Waals surface area contributed by atoms with Gasteiger partial charge in [0.1, 0.15) is 6.54 Å². The SMILES string of the molecule is Cc1ccc(N(CC(=O)O)C(=O)N2CCC(N)CC2)cc1. The number of piperidine rings is 1. The van der Waals surface area contributed by atoms with Gasteiger partial charge in [0.2, 0.25) is 0 Å². The van der Waals surface area contributed by atoms with Crippen molar-refractivity contribution in [2.75, 3.05) is 24.5 Å². The van der Waals surface area contributed by atoms with Gasteiger partial charge in [-0.05, 0) is 31.9 Å². The number of nitrogens with zero attached hydrogens (tertiary/aromatic N) is 2. The molecule has 1 fully saturated rings. The molecule has 114 valence electrons. The van der Waals surface area contributed by atoms with Crippen molar-refractivity contribution in [2.45, 2.75) is 25.8 Å². The molecule has 1 saturated heterocycles. The highest BCUT2D eigenvalue weighted by molar-refractivity contribution is 5.96. The Morgan fingerprint density at radius 2 is 1.86 bits per heavy atom. The molecule has 1 aliphatic heterocycles. The Kier molecular flexibility index (Phi) is 4.80. The number of benzene rings is 1. The highest BCUT2D eigenvalue weighted by Crippen LogP contribution is 2.19. The molecule has 0 aliphatic carbocycles. The maximum atomic E-state index is 12.6. The zero-order chi connectivity index (χ0) is 15.4. The monoisotopic (exact) mass is 291 g/mol. The molecular formula is C15H21N3O3. The van der Waals surface area contributed by atoms with E-state index in [9.17, 15) is 9.59 Å². The fourth-order valence-corrected chi connectivity index (χ4v) is 2.39. The van der Waals surface area contributed by atoms with E-state index in [4.69, 9.17) is 10.8 Å². The number of nitrogens with two attached hydrogens (primary N) is 1. The quantitative estimate of drug-likeness (QED) is 0.882. The van der Waals surface area contributed by atoms with Crippen molar-refractivity contribution < 1.29 is 14.7 Å². The lowest BCUT2D eigenvalue weighted by Gasteiger charge is -2.34. The van der Waals surface area contributed by atoms with Crippen molar-refractivity contribution in [1.29, 1.82) is 0 Å². The minimum atomic E-state index is -1.03. The highest BCUT2D eigenvalue weighted by Gasteiger charge is 2.27. The lowest BCUT2D eigenvalue weighted by Crippen LogP contribution is -2.50. The number of amides is 2. The number of carboxylic acids is 1. The van der Waals surface area contributed by atoms with Gasteiger partial charge in [-0.25, -0.2) is 4.79 Å². The molecule has 0 radical (unpaired) electrons. The fraction of sp³-hybridized carbons (Fsp3) is 0.467. The molecule has 1 aliphatic rings. The number of anilines is 1. The molecule has 21 heavy (non-hydrogen) atoms. The maximum Gasteiger partial charge on any atom is 0.325 e. The number of likely N-dealkylation sites (tertiary alicyclic amines) is 1. The average molecular weight is 291 g/mol. The zero-order valence-corrected chi connectivity index (χ0v) is 12.2. The highest BCUT2D eigenvalue weighted by atomic mass is 16.4. The van der Waals surface area contributed by atoms with Crippen LogP contribution in [0, 0.1) is 6.92 Å². The van der Waals surface area contributed by atoms with Crippen LogP contribution in [0.2, 0.25) is 0 Å². The van der Waals surface area contributed by atoms with Crippen LogP contribution in [0.3, 0.4) is 0 Å². The number of aliphatic carboxylic acids is 1. The Bertz CT molecular complexity index is 507. The van der Waals surface area contributed by atoms with E-state index in [0.29, 0.717) is 18.8 Å². The number of urea groups is 1. The van der Waals surface area contributed by atoms with E-state index in [1.807, 2.05) is 19.1 Å². The molecule has 0 saturated carbocycles. The van der Waals surface area contributed by atoms with Gasteiger partial charge < -0.3 is 15.7 Å². The summed E-state index contributed by atoms with van der Waals surface area (Å²) >= 11 is 0. The zero-order valence-electron chi connectivity index (χ0n) is 12.2. The molecule has 2 amide bonds. The second-order valence-electron chi connectivity index (χ2n) is 5.42. The number of carbonyl (C=O) groups excluding carboxylic acids is 1. The van der Waals surface area contributed by atoms with Crippen LogP contribution in [0.1, 0.15) is 18.4 Å². The lowest BCUT2D eigenvalue weighted by molar-refractivity contribution is -0.135. The van der Waals surface area contributed by atoms with Gasteiger partial charge >= 0.3 is 12.0 Å². The van der Waals surface area contributed by atoms with Crippen LogP contribution in [-0.2, 0) is 4.79 Å². The molecule has 0 spiro atoms. The van der Waals surface area contributed by atoms with Crippen LogP contribution in [0.4, 0.5) is 10.5 Å². The van der Waals surface area contributed by atoms with Gasteiger partial charge in [-0.2, -0.15) is 0 Å². The second-order valence-corrected chi connectivity index (χ2v) is 5.42. The van der Waals surface area contributed by atoms with Crippen molar-refractivity contribution in [3.63, 3.8) is 0 Å². The summed E-state index contributed by atoms with van der Waals surface area (Å²) in [4.78, 5) is 26.6. The van der Waals surface area contributed by atoms with E-state index in [1.165, 1.54) is 4.90 Å². The molecule has 6 nitrogen and oxygen atoms in total. The van der Waals surface area contributed by atoms with Crippen LogP contribution in [0.25, 0.3) is 0 Å². The van der Waals surface area contributed by atoms with E-state index >= 15 is 0 Å². The molecule has 0 aromatic heterocycles. The molecule has 1 heterocycles. The summed E-state index contributed by atoms with van der Waals surface area (Å²) in [6.45, 7) is 2.74. The Hall–Kier alpha value is -2.08. The van der Waals surface area contributed by atoms with Crippen molar-refractivity contribution in [3.05, 3.63) is 29.8 Å². The minimum Gasteiger partial charge on any atom is -0.480 e. The Labute approximate surface area is 124 Å². The molecule has 0 bridgehead atoms. The third-order valence-electron chi connectivity index (χ3n) is 3.68. The molecule has 0 unspecified atom stereocenters.